The number of halogens is 3. The van der Waals surface area contributed by atoms with Gasteiger partial charge in [0.25, 0.3) is 0 Å². The number of benzene rings is 3. The van der Waals surface area contributed by atoms with Gasteiger partial charge in [0.1, 0.15) is 6.04 Å². The number of carbonyl (C=O) groups excluding carboxylic acids is 1. The van der Waals surface area contributed by atoms with Crippen molar-refractivity contribution >= 4 is 16.1 Å². The predicted molar refractivity (Wildman–Crippen MR) is 119 cm³/mol. The first-order valence-electron chi connectivity index (χ1n) is 10.1. The first kappa shape index (κ1) is 25.4. The summed E-state index contributed by atoms with van der Waals surface area (Å²) >= 11 is 0. The summed E-state index contributed by atoms with van der Waals surface area (Å²) in [6.45, 7) is -1.14. The van der Waals surface area contributed by atoms with E-state index in [2.05, 4.69) is 9.50 Å². The molecule has 0 aromatic heterocycles. The normalized spacial score (nSPS) is 13.3. The quantitative estimate of drug-likeness (QED) is 0.210. The van der Waals surface area contributed by atoms with Gasteiger partial charge in [0.05, 0.1) is 19.3 Å². The van der Waals surface area contributed by atoms with Crippen LogP contribution in [0.1, 0.15) is 16.7 Å². The second-order valence-electron chi connectivity index (χ2n) is 7.25. The van der Waals surface area contributed by atoms with Gasteiger partial charge in [0, 0.05) is 0 Å². The SMILES string of the molecule is COC(=O)[C@H](COS(=O)(=O)C(F)(F)F)NC(c1ccccc1)(c1ccccc1)c1ccccc1. The summed E-state index contributed by atoms with van der Waals surface area (Å²) in [6, 6.07) is 25.2. The van der Waals surface area contributed by atoms with Gasteiger partial charge < -0.3 is 4.74 Å². The van der Waals surface area contributed by atoms with Gasteiger partial charge in [-0.3, -0.25) is 14.3 Å². The second kappa shape index (κ2) is 10.4. The molecule has 3 rings (SSSR count). The minimum atomic E-state index is -5.93. The fraction of sp³-hybridized carbons (Fsp3) is 0.208. The van der Waals surface area contributed by atoms with Gasteiger partial charge in [-0.05, 0) is 16.7 Å². The molecule has 0 saturated heterocycles. The van der Waals surface area contributed by atoms with E-state index in [1.54, 1.807) is 91.0 Å². The molecule has 0 aliphatic carbocycles. The van der Waals surface area contributed by atoms with Crippen molar-refractivity contribution in [1.29, 1.82) is 0 Å². The number of esters is 1. The van der Waals surface area contributed by atoms with Crippen molar-refractivity contribution < 1.29 is 35.3 Å². The summed E-state index contributed by atoms with van der Waals surface area (Å²) < 4.78 is 70.6. The van der Waals surface area contributed by atoms with Crippen molar-refractivity contribution in [2.24, 2.45) is 0 Å². The summed E-state index contributed by atoms with van der Waals surface area (Å²) in [7, 11) is -4.89. The highest BCUT2D eigenvalue weighted by atomic mass is 32.2. The third kappa shape index (κ3) is 5.30. The van der Waals surface area contributed by atoms with E-state index in [-0.39, 0.29) is 0 Å². The number of rotatable bonds is 9. The molecular formula is C24H22F3NO5S. The fourth-order valence-electron chi connectivity index (χ4n) is 3.61. The Morgan fingerprint density at radius 1 is 0.824 bits per heavy atom. The molecule has 34 heavy (non-hydrogen) atoms. The van der Waals surface area contributed by atoms with Crippen LogP contribution in [0.3, 0.4) is 0 Å². The maximum Gasteiger partial charge on any atom is 0.523 e. The van der Waals surface area contributed by atoms with E-state index in [9.17, 15) is 26.4 Å². The van der Waals surface area contributed by atoms with E-state index in [0.717, 1.165) is 7.11 Å². The van der Waals surface area contributed by atoms with E-state index < -0.39 is 39.8 Å². The van der Waals surface area contributed by atoms with Crippen LogP contribution in [-0.4, -0.2) is 39.7 Å². The lowest BCUT2D eigenvalue weighted by atomic mass is 9.76. The summed E-state index contributed by atoms with van der Waals surface area (Å²) in [5.74, 6) is -0.996. The lowest BCUT2D eigenvalue weighted by Crippen LogP contribution is -2.55. The zero-order valence-electron chi connectivity index (χ0n) is 18.0. The van der Waals surface area contributed by atoms with Crippen molar-refractivity contribution in [3.05, 3.63) is 108 Å². The molecule has 0 fully saturated rings. The molecule has 1 N–H and O–H groups in total. The van der Waals surface area contributed by atoms with E-state index in [1.165, 1.54) is 0 Å². The minimum absolute atomic E-state index is 0.653. The lowest BCUT2D eigenvalue weighted by Gasteiger charge is -2.39. The molecule has 0 bridgehead atoms. The van der Waals surface area contributed by atoms with Crippen LogP contribution in [0, 0.1) is 0 Å². The third-order valence-electron chi connectivity index (χ3n) is 5.17. The number of hydrogen-bond donors (Lipinski definition) is 1. The predicted octanol–water partition coefficient (Wildman–Crippen LogP) is 3.98. The Labute approximate surface area is 195 Å². The molecule has 6 nitrogen and oxygen atoms in total. The Bertz CT molecular complexity index is 1090. The third-order valence-corrected chi connectivity index (χ3v) is 6.18. The molecule has 1 atom stereocenters. The number of alkyl halides is 3. The number of carbonyl (C=O) groups is 1. The number of ether oxygens (including phenoxy) is 1. The minimum Gasteiger partial charge on any atom is -0.468 e. The van der Waals surface area contributed by atoms with Crippen LogP contribution in [0.4, 0.5) is 13.2 Å². The van der Waals surface area contributed by atoms with Gasteiger partial charge in [-0.15, -0.1) is 0 Å². The van der Waals surface area contributed by atoms with Gasteiger partial charge in [-0.2, -0.15) is 21.6 Å². The average molecular weight is 494 g/mol. The highest BCUT2D eigenvalue weighted by Crippen LogP contribution is 2.37. The maximum absolute atomic E-state index is 12.9. The Morgan fingerprint density at radius 2 is 1.21 bits per heavy atom. The average Bonchev–Trinajstić information content (AvgIpc) is 2.85. The van der Waals surface area contributed by atoms with Crippen molar-refractivity contribution in [3.8, 4) is 0 Å². The molecule has 0 saturated carbocycles. The molecule has 0 aliphatic heterocycles. The van der Waals surface area contributed by atoms with Crippen molar-refractivity contribution in [2.45, 2.75) is 17.1 Å². The molecule has 10 heteroatoms. The summed E-state index contributed by atoms with van der Waals surface area (Å²) in [5.41, 5.74) is -4.95. The Kier molecular flexibility index (Phi) is 7.75. The second-order valence-corrected chi connectivity index (χ2v) is 8.86. The van der Waals surface area contributed by atoms with Gasteiger partial charge in [0.15, 0.2) is 0 Å². The van der Waals surface area contributed by atoms with Crippen LogP contribution in [0.25, 0.3) is 0 Å². The lowest BCUT2D eigenvalue weighted by molar-refractivity contribution is -0.144. The molecular weight excluding hydrogens is 471 g/mol. The molecule has 3 aromatic rings. The largest absolute Gasteiger partial charge is 0.523 e. The van der Waals surface area contributed by atoms with E-state index >= 15 is 0 Å². The van der Waals surface area contributed by atoms with Gasteiger partial charge >= 0.3 is 21.6 Å². The molecule has 3 aromatic carbocycles. The molecule has 0 unspecified atom stereocenters. The van der Waals surface area contributed by atoms with Gasteiger partial charge in [0.2, 0.25) is 0 Å². The zero-order chi connectivity index (χ0) is 24.8. The number of nitrogens with one attached hydrogen (secondary N) is 1. The van der Waals surface area contributed by atoms with Gasteiger partial charge in [-0.1, -0.05) is 91.0 Å². The molecule has 0 aliphatic rings. The monoisotopic (exact) mass is 493 g/mol. The van der Waals surface area contributed by atoms with Crippen molar-refractivity contribution in [3.63, 3.8) is 0 Å². The van der Waals surface area contributed by atoms with Crippen LogP contribution in [-0.2, 0) is 29.4 Å². The van der Waals surface area contributed by atoms with Crippen LogP contribution < -0.4 is 5.32 Å². The van der Waals surface area contributed by atoms with Crippen LogP contribution in [0.2, 0.25) is 0 Å². The summed E-state index contributed by atoms with van der Waals surface area (Å²) in [6.07, 6.45) is 0. The van der Waals surface area contributed by atoms with E-state index in [4.69, 9.17) is 4.74 Å². The van der Waals surface area contributed by atoms with Crippen molar-refractivity contribution in [1.82, 2.24) is 5.32 Å². The van der Waals surface area contributed by atoms with Crippen LogP contribution in [0.15, 0.2) is 91.0 Å². The summed E-state index contributed by atoms with van der Waals surface area (Å²) in [5, 5.41) is 3.06. The number of methoxy groups -OCH3 is 1. The maximum atomic E-state index is 12.9. The first-order chi connectivity index (χ1) is 16.1. The summed E-state index contributed by atoms with van der Waals surface area (Å²) in [4.78, 5) is 12.6. The zero-order valence-corrected chi connectivity index (χ0v) is 18.8. The standard InChI is InChI=1S/C24H22F3NO5S/c1-32-22(29)21(17-33-34(30,31)24(25,26)27)28-23(18-11-5-2-6-12-18,19-13-7-3-8-14-19)20-15-9-4-10-16-20/h2-16,21,28H,17H2,1H3/t21-/m0/s1. The van der Waals surface area contributed by atoms with Gasteiger partial charge in [-0.25, -0.2) is 0 Å². The molecule has 0 heterocycles. The molecule has 0 radical (unpaired) electrons. The van der Waals surface area contributed by atoms with E-state index in [1.807, 2.05) is 0 Å². The Hall–Kier alpha value is -3.21. The fourth-order valence-corrected chi connectivity index (χ4v) is 4.06. The highest BCUT2D eigenvalue weighted by Gasteiger charge is 2.48. The van der Waals surface area contributed by atoms with Crippen LogP contribution in [0.5, 0.6) is 0 Å². The Balaban J connectivity index is 2.17. The highest BCUT2D eigenvalue weighted by molar-refractivity contribution is 7.87. The smallest absolute Gasteiger partial charge is 0.468 e. The molecule has 0 amide bonds. The van der Waals surface area contributed by atoms with Crippen molar-refractivity contribution in [2.75, 3.05) is 13.7 Å². The topological polar surface area (TPSA) is 81.7 Å². The number of hydrogen-bond acceptors (Lipinski definition) is 6. The molecule has 180 valence electrons. The molecule has 0 spiro atoms. The Morgan fingerprint density at radius 3 is 1.53 bits per heavy atom. The van der Waals surface area contributed by atoms with E-state index in [0.29, 0.717) is 16.7 Å². The first-order valence-corrected chi connectivity index (χ1v) is 11.5. The van der Waals surface area contributed by atoms with Crippen LogP contribution >= 0.6 is 0 Å².